The number of benzene rings is 1. The third-order valence-electron chi connectivity index (χ3n) is 4.16. The number of carbonyl (C=O) groups excluding carboxylic acids is 2. The van der Waals surface area contributed by atoms with E-state index in [2.05, 4.69) is 10.6 Å². The summed E-state index contributed by atoms with van der Waals surface area (Å²) in [6.45, 7) is 3.07. The Kier molecular flexibility index (Phi) is 4.08. The fourth-order valence-electron chi connectivity index (χ4n) is 2.96. The lowest BCUT2D eigenvalue weighted by Crippen LogP contribution is -2.32. The zero-order valence-corrected chi connectivity index (χ0v) is 12.2. The molecule has 2 N–H and O–H groups in total. The molecule has 1 aromatic rings. The highest BCUT2D eigenvalue weighted by molar-refractivity contribution is 5.95. The van der Waals surface area contributed by atoms with Crippen molar-refractivity contribution in [2.24, 2.45) is 0 Å². The fourth-order valence-corrected chi connectivity index (χ4v) is 2.96. The van der Waals surface area contributed by atoms with Gasteiger partial charge in [0.1, 0.15) is 0 Å². The molecule has 0 bridgehead atoms. The zero-order valence-electron chi connectivity index (χ0n) is 12.2. The first-order valence-corrected chi connectivity index (χ1v) is 7.67. The second kappa shape index (κ2) is 6.16. The van der Waals surface area contributed by atoms with Gasteiger partial charge in [-0.15, -0.1) is 0 Å². The van der Waals surface area contributed by atoms with E-state index in [0.29, 0.717) is 18.5 Å². The number of hydrogen-bond acceptors (Lipinski definition) is 3. The van der Waals surface area contributed by atoms with E-state index in [9.17, 15) is 9.59 Å². The Bertz CT molecular complexity index is 550. The monoisotopic (exact) mass is 287 g/mol. The standard InChI is InChI=1S/C16H21N3O2/c20-15(19-9-1-2-10-19)6-8-18-16(21)13-3-4-14-12(11-13)5-7-17-14/h3-4,11,17H,1-2,5-10H2,(H,18,21). The van der Waals surface area contributed by atoms with Crippen LogP contribution in [-0.2, 0) is 11.2 Å². The Balaban J connectivity index is 1.49. The van der Waals surface area contributed by atoms with Gasteiger partial charge in [0, 0.05) is 43.9 Å². The minimum absolute atomic E-state index is 0.0982. The molecule has 5 heteroatoms. The van der Waals surface area contributed by atoms with Gasteiger partial charge in [0.05, 0.1) is 0 Å². The van der Waals surface area contributed by atoms with Crippen molar-refractivity contribution in [3.8, 4) is 0 Å². The Morgan fingerprint density at radius 2 is 2.05 bits per heavy atom. The van der Waals surface area contributed by atoms with Crippen LogP contribution in [0.15, 0.2) is 18.2 Å². The van der Waals surface area contributed by atoms with E-state index in [1.165, 1.54) is 5.56 Å². The molecule has 5 nitrogen and oxygen atoms in total. The van der Waals surface area contributed by atoms with E-state index < -0.39 is 0 Å². The Hall–Kier alpha value is -2.04. The largest absolute Gasteiger partial charge is 0.384 e. The number of hydrogen-bond donors (Lipinski definition) is 2. The Morgan fingerprint density at radius 3 is 2.86 bits per heavy atom. The molecule has 112 valence electrons. The molecule has 0 saturated carbocycles. The third-order valence-corrected chi connectivity index (χ3v) is 4.16. The van der Waals surface area contributed by atoms with Gasteiger partial charge in [-0.2, -0.15) is 0 Å². The van der Waals surface area contributed by atoms with E-state index in [4.69, 9.17) is 0 Å². The van der Waals surface area contributed by atoms with Gasteiger partial charge in [-0.25, -0.2) is 0 Å². The van der Waals surface area contributed by atoms with Crippen molar-refractivity contribution in [1.29, 1.82) is 0 Å². The van der Waals surface area contributed by atoms with Gasteiger partial charge < -0.3 is 15.5 Å². The summed E-state index contributed by atoms with van der Waals surface area (Å²) in [5, 5.41) is 6.11. The predicted molar refractivity (Wildman–Crippen MR) is 81.4 cm³/mol. The molecule has 2 heterocycles. The lowest BCUT2D eigenvalue weighted by atomic mass is 10.1. The van der Waals surface area contributed by atoms with Crippen LogP contribution < -0.4 is 10.6 Å². The fraction of sp³-hybridized carbons (Fsp3) is 0.500. The molecule has 0 spiro atoms. The smallest absolute Gasteiger partial charge is 0.251 e. The average Bonchev–Trinajstić information content (AvgIpc) is 3.17. The molecule has 1 fully saturated rings. The van der Waals surface area contributed by atoms with Gasteiger partial charge in [0.2, 0.25) is 5.91 Å². The second-order valence-corrected chi connectivity index (χ2v) is 5.64. The number of carbonyl (C=O) groups is 2. The molecule has 0 unspecified atom stereocenters. The number of fused-ring (bicyclic) bond motifs is 1. The molecule has 0 radical (unpaired) electrons. The highest BCUT2D eigenvalue weighted by Gasteiger charge is 2.18. The number of nitrogens with zero attached hydrogens (tertiary/aromatic N) is 1. The summed E-state index contributed by atoms with van der Waals surface area (Å²) in [6, 6.07) is 5.72. The van der Waals surface area contributed by atoms with Crippen LogP contribution >= 0.6 is 0 Å². The van der Waals surface area contributed by atoms with Crippen molar-refractivity contribution in [2.45, 2.75) is 25.7 Å². The van der Waals surface area contributed by atoms with Crippen LogP contribution in [0.1, 0.15) is 35.2 Å². The summed E-state index contributed by atoms with van der Waals surface area (Å²) in [7, 11) is 0. The molecule has 2 aliphatic rings. The van der Waals surface area contributed by atoms with Crippen LogP contribution in [0, 0.1) is 0 Å². The molecule has 0 aromatic heterocycles. The highest BCUT2D eigenvalue weighted by Crippen LogP contribution is 2.22. The normalized spacial score (nSPS) is 16.5. The summed E-state index contributed by atoms with van der Waals surface area (Å²) in [5.74, 6) is 0.0462. The summed E-state index contributed by atoms with van der Waals surface area (Å²) >= 11 is 0. The van der Waals surface area contributed by atoms with Crippen LogP contribution in [0.25, 0.3) is 0 Å². The van der Waals surface area contributed by atoms with E-state index >= 15 is 0 Å². The van der Waals surface area contributed by atoms with Gasteiger partial charge in [0.25, 0.3) is 5.91 Å². The van der Waals surface area contributed by atoms with Crippen molar-refractivity contribution in [1.82, 2.24) is 10.2 Å². The first-order chi connectivity index (χ1) is 10.2. The van der Waals surface area contributed by atoms with Crippen LogP contribution in [0.2, 0.25) is 0 Å². The van der Waals surface area contributed by atoms with Gasteiger partial charge in [0.15, 0.2) is 0 Å². The lowest BCUT2D eigenvalue weighted by Gasteiger charge is -2.15. The number of rotatable bonds is 4. The van der Waals surface area contributed by atoms with Crippen LogP contribution in [0.3, 0.4) is 0 Å². The lowest BCUT2D eigenvalue weighted by molar-refractivity contribution is -0.129. The van der Waals surface area contributed by atoms with Crippen molar-refractivity contribution >= 4 is 17.5 Å². The maximum atomic E-state index is 12.1. The quantitative estimate of drug-likeness (QED) is 0.880. The average molecular weight is 287 g/mol. The first kappa shape index (κ1) is 13.9. The highest BCUT2D eigenvalue weighted by atomic mass is 16.2. The number of nitrogens with one attached hydrogen (secondary N) is 2. The molecule has 3 rings (SSSR count). The summed E-state index contributed by atoms with van der Waals surface area (Å²) < 4.78 is 0. The van der Waals surface area contributed by atoms with Crippen LogP contribution in [0.4, 0.5) is 5.69 Å². The minimum Gasteiger partial charge on any atom is -0.384 e. The molecule has 1 aromatic carbocycles. The molecule has 0 aliphatic carbocycles. The molecular formula is C16H21N3O2. The van der Waals surface area contributed by atoms with Gasteiger partial charge in [-0.1, -0.05) is 0 Å². The van der Waals surface area contributed by atoms with Crippen molar-refractivity contribution in [3.05, 3.63) is 29.3 Å². The van der Waals surface area contributed by atoms with Crippen LogP contribution in [0.5, 0.6) is 0 Å². The minimum atomic E-state index is -0.0982. The zero-order chi connectivity index (χ0) is 14.7. The topological polar surface area (TPSA) is 61.4 Å². The Labute approximate surface area is 124 Å². The van der Waals surface area contributed by atoms with Crippen molar-refractivity contribution in [2.75, 3.05) is 31.5 Å². The van der Waals surface area contributed by atoms with E-state index in [0.717, 1.165) is 44.6 Å². The molecule has 21 heavy (non-hydrogen) atoms. The molecular weight excluding hydrogens is 266 g/mol. The van der Waals surface area contributed by atoms with Crippen molar-refractivity contribution in [3.63, 3.8) is 0 Å². The molecule has 2 aliphatic heterocycles. The van der Waals surface area contributed by atoms with E-state index in [1.54, 1.807) is 0 Å². The number of amides is 2. The summed E-state index contributed by atoms with van der Waals surface area (Å²) in [4.78, 5) is 25.9. The third kappa shape index (κ3) is 3.17. The van der Waals surface area contributed by atoms with Gasteiger partial charge >= 0.3 is 0 Å². The molecule has 0 atom stereocenters. The van der Waals surface area contributed by atoms with Crippen molar-refractivity contribution < 1.29 is 9.59 Å². The second-order valence-electron chi connectivity index (χ2n) is 5.64. The maximum absolute atomic E-state index is 12.1. The van der Waals surface area contributed by atoms with Crippen LogP contribution in [-0.4, -0.2) is 42.9 Å². The van der Waals surface area contributed by atoms with Gasteiger partial charge in [-0.3, -0.25) is 9.59 Å². The number of likely N-dealkylation sites (tertiary alicyclic amines) is 1. The molecule has 1 saturated heterocycles. The van der Waals surface area contributed by atoms with Gasteiger partial charge in [-0.05, 0) is 43.0 Å². The summed E-state index contributed by atoms with van der Waals surface area (Å²) in [6.07, 6.45) is 3.55. The van der Waals surface area contributed by atoms with E-state index in [1.807, 2.05) is 23.1 Å². The molecule has 2 amide bonds. The van der Waals surface area contributed by atoms with E-state index in [-0.39, 0.29) is 11.8 Å². The summed E-state index contributed by atoms with van der Waals surface area (Å²) in [5.41, 5.74) is 2.98. The SMILES string of the molecule is O=C(NCCC(=O)N1CCCC1)c1ccc2c(c1)CCN2. The maximum Gasteiger partial charge on any atom is 0.251 e. The number of anilines is 1. The predicted octanol–water partition coefficient (Wildman–Crippen LogP) is 1.40. The first-order valence-electron chi connectivity index (χ1n) is 7.67. The Morgan fingerprint density at radius 1 is 1.24 bits per heavy atom.